The molecular weight excluding hydrogens is 244 g/mol. The molecule has 3 atom stereocenters. The summed E-state index contributed by atoms with van der Waals surface area (Å²) in [6.07, 6.45) is 3.04. The summed E-state index contributed by atoms with van der Waals surface area (Å²) < 4.78 is 0. The van der Waals surface area contributed by atoms with Gasteiger partial charge in [0.05, 0.1) is 6.42 Å². The second-order valence-corrected chi connectivity index (χ2v) is 5.41. The third-order valence-electron chi connectivity index (χ3n) is 4.07. The lowest BCUT2D eigenvalue weighted by molar-refractivity contribution is -0.138. The highest BCUT2D eigenvalue weighted by Gasteiger charge is 2.36. The largest absolute Gasteiger partial charge is 0.481 e. The predicted octanol–water partition coefficient (Wildman–Crippen LogP) is 2.55. The van der Waals surface area contributed by atoms with Crippen LogP contribution >= 0.6 is 0 Å². The molecule has 0 spiro atoms. The summed E-state index contributed by atoms with van der Waals surface area (Å²) in [6.45, 7) is 8.42. The fourth-order valence-electron chi connectivity index (χ4n) is 2.96. The third kappa shape index (κ3) is 3.61. The number of aliphatic carboxylic acids is 1. The summed E-state index contributed by atoms with van der Waals surface area (Å²) in [5.41, 5.74) is 0. The van der Waals surface area contributed by atoms with E-state index in [0.29, 0.717) is 12.6 Å². The van der Waals surface area contributed by atoms with Gasteiger partial charge in [0, 0.05) is 24.7 Å². The molecule has 1 fully saturated rings. The molecule has 0 bridgehead atoms. The minimum absolute atomic E-state index is 0.00140. The number of carboxylic acid groups (broad SMARTS) is 1. The number of carbonyl (C=O) groups is 2. The molecule has 110 valence electrons. The van der Waals surface area contributed by atoms with E-state index in [4.69, 9.17) is 5.11 Å². The van der Waals surface area contributed by atoms with Gasteiger partial charge in [-0.3, -0.25) is 4.79 Å². The van der Waals surface area contributed by atoms with Crippen molar-refractivity contribution in [2.75, 3.05) is 6.54 Å². The molecule has 1 saturated heterocycles. The van der Waals surface area contributed by atoms with Crippen molar-refractivity contribution in [1.29, 1.82) is 0 Å². The molecule has 0 aromatic rings. The fraction of sp³-hybridized carbons (Fsp3) is 0.857. The Balaban J connectivity index is 2.79. The van der Waals surface area contributed by atoms with E-state index in [1.165, 1.54) is 0 Å². The van der Waals surface area contributed by atoms with Gasteiger partial charge in [0.1, 0.15) is 0 Å². The number of amides is 2. The maximum absolute atomic E-state index is 12.6. The van der Waals surface area contributed by atoms with Gasteiger partial charge in [-0.15, -0.1) is 0 Å². The highest BCUT2D eigenvalue weighted by Crippen LogP contribution is 2.27. The lowest BCUT2D eigenvalue weighted by Gasteiger charge is -2.36. The third-order valence-corrected chi connectivity index (χ3v) is 4.07. The lowest BCUT2D eigenvalue weighted by Crippen LogP contribution is -2.51. The SMILES string of the molecule is CCC1CCC(C)N1C(=O)N(CC)C(C)CC(=O)O. The van der Waals surface area contributed by atoms with Gasteiger partial charge in [0.2, 0.25) is 0 Å². The van der Waals surface area contributed by atoms with Crippen LogP contribution in [0.4, 0.5) is 4.79 Å². The maximum Gasteiger partial charge on any atom is 0.320 e. The van der Waals surface area contributed by atoms with Gasteiger partial charge in [-0.1, -0.05) is 6.92 Å². The number of carboxylic acids is 1. The van der Waals surface area contributed by atoms with Crippen molar-refractivity contribution in [3.8, 4) is 0 Å². The van der Waals surface area contributed by atoms with Crippen LogP contribution in [0, 0.1) is 0 Å². The van der Waals surface area contributed by atoms with Crippen molar-refractivity contribution in [3.05, 3.63) is 0 Å². The Labute approximate surface area is 115 Å². The van der Waals surface area contributed by atoms with Gasteiger partial charge in [-0.25, -0.2) is 4.79 Å². The summed E-state index contributed by atoms with van der Waals surface area (Å²) in [5, 5.41) is 8.87. The molecule has 0 radical (unpaired) electrons. The number of hydrogen-bond donors (Lipinski definition) is 1. The first-order chi connectivity index (χ1) is 8.92. The van der Waals surface area contributed by atoms with Crippen LogP contribution in [-0.4, -0.2) is 51.6 Å². The Morgan fingerprint density at radius 3 is 2.47 bits per heavy atom. The second-order valence-electron chi connectivity index (χ2n) is 5.41. The molecular formula is C14H26N2O3. The molecule has 0 saturated carbocycles. The zero-order valence-electron chi connectivity index (χ0n) is 12.4. The van der Waals surface area contributed by atoms with Crippen LogP contribution in [0.1, 0.15) is 53.4 Å². The normalized spacial score (nSPS) is 24.3. The minimum atomic E-state index is -0.861. The van der Waals surface area contributed by atoms with E-state index in [1.807, 2.05) is 11.8 Å². The van der Waals surface area contributed by atoms with Crippen LogP contribution in [0.2, 0.25) is 0 Å². The molecule has 1 rings (SSSR count). The molecule has 3 unspecified atom stereocenters. The summed E-state index contributed by atoms with van der Waals surface area (Å²) in [6, 6.07) is 0.283. The summed E-state index contributed by atoms with van der Waals surface area (Å²) in [7, 11) is 0. The van der Waals surface area contributed by atoms with Gasteiger partial charge in [-0.2, -0.15) is 0 Å². The van der Waals surface area contributed by atoms with Gasteiger partial charge in [0.15, 0.2) is 0 Å². The van der Waals surface area contributed by atoms with E-state index < -0.39 is 5.97 Å². The molecule has 19 heavy (non-hydrogen) atoms. The van der Waals surface area contributed by atoms with E-state index in [0.717, 1.165) is 19.3 Å². The first-order valence-electron chi connectivity index (χ1n) is 7.23. The predicted molar refractivity (Wildman–Crippen MR) is 74.1 cm³/mol. The first kappa shape index (κ1) is 15.8. The number of urea groups is 1. The zero-order chi connectivity index (χ0) is 14.6. The monoisotopic (exact) mass is 270 g/mol. The van der Waals surface area contributed by atoms with Crippen LogP contribution in [0.5, 0.6) is 0 Å². The number of nitrogens with zero attached hydrogens (tertiary/aromatic N) is 2. The highest BCUT2D eigenvalue weighted by molar-refractivity contribution is 5.77. The Morgan fingerprint density at radius 1 is 1.37 bits per heavy atom. The molecule has 1 aliphatic heterocycles. The molecule has 1 N–H and O–H groups in total. The van der Waals surface area contributed by atoms with Gasteiger partial charge in [0.25, 0.3) is 0 Å². The zero-order valence-corrected chi connectivity index (χ0v) is 12.4. The Morgan fingerprint density at radius 2 is 2.00 bits per heavy atom. The Bertz CT molecular complexity index is 333. The number of likely N-dealkylation sites (tertiary alicyclic amines) is 1. The molecule has 0 aliphatic carbocycles. The van der Waals surface area contributed by atoms with Crippen LogP contribution in [0.3, 0.4) is 0 Å². The van der Waals surface area contributed by atoms with E-state index in [9.17, 15) is 9.59 Å². The topological polar surface area (TPSA) is 60.9 Å². The van der Waals surface area contributed by atoms with Crippen molar-refractivity contribution in [1.82, 2.24) is 9.80 Å². The van der Waals surface area contributed by atoms with Crippen LogP contribution in [0.15, 0.2) is 0 Å². The van der Waals surface area contributed by atoms with Gasteiger partial charge in [-0.05, 0) is 40.0 Å². The molecule has 5 heteroatoms. The fourth-order valence-corrected chi connectivity index (χ4v) is 2.96. The average Bonchev–Trinajstić information content (AvgIpc) is 2.70. The van der Waals surface area contributed by atoms with Crippen molar-refractivity contribution in [2.24, 2.45) is 0 Å². The standard InChI is InChI=1S/C14H26N2O3/c1-5-12-8-7-10(3)16(12)14(19)15(6-2)11(4)9-13(17)18/h10-12H,5-9H2,1-4H3,(H,17,18). The Kier molecular flexibility index (Phi) is 5.63. The van der Waals surface area contributed by atoms with Gasteiger partial charge >= 0.3 is 12.0 Å². The lowest BCUT2D eigenvalue weighted by atomic mass is 10.1. The van der Waals surface area contributed by atoms with Crippen molar-refractivity contribution >= 4 is 12.0 Å². The van der Waals surface area contributed by atoms with Crippen molar-refractivity contribution in [3.63, 3.8) is 0 Å². The summed E-state index contributed by atoms with van der Waals surface area (Å²) >= 11 is 0. The maximum atomic E-state index is 12.6. The molecule has 1 heterocycles. The second kappa shape index (κ2) is 6.78. The molecule has 5 nitrogen and oxygen atoms in total. The first-order valence-corrected chi connectivity index (χ1v) is 7.23. The molecule has 0 aromatic carbocycles. The molecule has 0 aromatic heterocycles. The van der Waals surface area contributed by atoms with Crippen molar-refractivity contribution in [2.45, 2.75) is 71.5 Å². The van der Waals surface area contributed by atoms with E-state index in [1.54, 1.807) is 11.8 Å². The van der Waals surface area contributed by atoms with Crippen molar-refractivity contribution < 1.29 is 14.7 Å². The van der Waals surface area contributed by atoms with E-state index in [2.05, 4.69) is 13.8 Å². The van der Waals surface area contributed by atoms with E-state index >= 15 is 0 Å². The summed E-state index contributed by atoms with van der Waals surface area (Å²) in [4.78, 5) is 27.1. The number of rotatable bonds is 5. The molecule has 2 amide bonds. The summed E-state index contributed by atoms with van der Waals surface area (Å²) in [5.74, 6) is -0.861. The Hall–Kier alpha value is -1.26. The minimum Gasteiger partial charge on any atom is -0.481 e. The van der Waals surface area contributed by atoms with Gasteiger partial charge < -0.3 is 14.9 Å². The van der Waals surface area contributed by atoms with Crippen LogP contribution in [0.25, 0.3) is 0 Å². The number of hydrogen-bond acceptors (Lipinski definition) is 2. The van der Waals surface area contributed by atoms with E-state index in [-0.39, 0.29) is 24.5 Å². The average molecular weight is 270 g/mol. The smallest absolute Gasteiger partial charge is 0.320 e. The quantitative estimate of drug-likeness (QED) is 0.835. The van der Waals surface area contributed by atoms with Crippen LogP contribution in [-0.2, 0) is 4.79 Å². The number of carbonyl (C=O) groups excluding carboxylic acids is 1. The highest BCUT2D eigenvalue weighted by atomic mass is 16.4. The van der Waals surface area contributed by atoms with Crippen LogP contribution < -0.4 is 0 Å². The molecule has 1 aliphatic rings.